The number of aryl methyl sites for hydroxylation is 2. The smallest absolute Gasteiger partial charge is 0.296 e. The largest absolute Gasteiger partial charge is 0.378 e. The van der Waals surface area contributed by atoms with Crippen molar-refractivity contribution in [2.24, 2.45) is 7.05 Å². The molecule has 0 unspecified atom stereocenters. The van der Waals surface area contributed by atoms with E-state index < -0.39 is 11.7 Å². The van der Waals surface area contributed by atoms with Gasteiger partial charge in [-0.05, 0) is 26.0 Å². The zero-order valence-electron chi connectivity index (χ0n) is 15.0. The number of benzene rings is 1. The minimum atomic E-state index is -0.707. The van der Waals surface area contributed by atoms with Crippen LogP contribution in [0.25, 0.3) is 0 Å². The van der Waals surface area contributed by atoms with E-state index in [0.717, 1.165) is 0 Å². The maximum Gasteiger partial charge on any atom is 0.296 e. The van der Waals surface area contributed by atoms with Crippen molar-refractivity contribution in [3.05, 3.63) is 40.2 Å². The molecule has 1 amide bonds. The number of halogens is 1. The molecule has 2 heterocycles. The first kappa shape index (κ1) is 18.4. The molecule has 26 heavy (non-hydrogen) atoms. The van der Waals surface area contributed by atoms with Gasteiger partial charge < -0.3 is 15.0 Å². The fraction of sp³-hybridized carbons (Fsp3) is 0.389. The summed E-state index contributed by atoms with van der Waals surface area (Å²) < 4.78 is 6.96. The standard InChI is InChI=1S/C18H21ClN4O3/c1-11-15(12(2)22(3)21-11)17(24)18(25)20-14-6-4-5-13(19)16(14)23-7-9-26-10-8-23/h4-6H,7-10H2,1-3H3,(H,20,25). The first-order chi connectivity index (χ1) is 12.4. The summed E-state index contributed by atoms with van der Waals surface area (Å²) in [5.41, 5.74) is 2.74. The number of anilines is 2. The topological polar surface area (TPSA) is 76.5 Å². The third-order valence-corrected chi connectivity index (χ3v) is 4.81. The Bertz CT molecular complexity index is 856. The number of aromatic nitrogens is 2. The number of carbonyl (C=O) groups excluding carboxylic acids is 2. The molecule has 0 aliphatic carbocycles. The minimum absolute atomic E-state index is 0.333. The number of nitrogens with one attached hydrogen (secondary N) is 1. The number of morpholine rings is 1. The molecule has 7 nitrogen and oxygen atoms in total. The second-order valence-electron chi connectivity index (χ2n) is 6.19. The van der Waals surface area contributed by atoms with Gasteiger partial charge in [-0.3, -0.25) is 14.3 Å². The number of nitrogens with zero attached hydrogens (tertiary/aromatic N) is 3. The van der Waals surface area contributed by atoms with Crippen LogP contribution in [0, 0.1) is 13.8 Å². The number of rotatable bonds is 4. The van der Waals surface area contributed by atoms with Crippen molar-refractivity contribution in [3.63, 3.8) is 0 Å². The lowest BCUT2D eigenvalue weighted by molar-refractivity contribution is -0.112. The average molecular weight is 377 g/mol. The van der Waals surface area contributed by atoms with Crippen molar-refractivity contribution in [1.29, 1.82) is 0 Å². The summed E-state index contributed by atoms with van der Waals surface area (Å²) in [5.74, 6) is -1.32. The van der Waals surface area contributed by atoms with Gasteiger partial charge in [0.1, 0.15) is 0 Å². The molecular weight excluding hydrogens is 356 g/mol. The minimum Gasteiger partial charge on any atom is -0.378 e. The van der Waals surface area contributed by atoms with Crippen LogP contribution in [0.1, 0.15) is 21.7 Å². The second kappa shape index (κ2) is 7.47. The van der Waals surface area contributed by atoms with Gasteiger partial charge in [0.2, 0.25) is 0 Å². The zero-order chi connectivity index (χ0) is 18.8. The lowest BCUT2D eigenvalue weighted by Crippen LogP contribution is -2.37. The van der Waals surface area contributed by atoms with E-state index in [0.29, 0.717) is 59.7 Å². The van der Waals surface area contributed by atoms with Crippen molar-refractivity contribution in [1.82, 2.24) is 9.78 Å². The quantitative estimate of drug-likeness (QED) is 0.654. The molecule has 1 fully saturated rings. The van der Waals surface area contributed by atoms with Gasteiger partial charge in [-0.25, -0.2) is 0 Å². The molecule has 1 N–H and O–H groups in total. The van der Waals surface area contributed by atoms with Crippen LogP contribution in [0.2, 0.25) is 5.02 Å². The van der Waals surface area contributed by atoms with Crippen LogP contribution in [0.3, 0.4) is 0 Å². The molecule has 1 aliphatic heterocycles. The Hall–Kier alpha value is -2.38. The Morgan fingerprint density at radius 2 is 1.92 bits per heavy atom. The molecule has 0 saturated carbocycles. The van der Waals surface area contributed by atoms with E-state index >= 15 is 0 Å². The van der Waals surface area contributed by atoms with Gasteiger partial charge in [-0.2, -0.15) is 5.10 Å². The molecule has 0 atom stereocenters. The summed E-state index contributed by atoms with van der Waals surface area (Å²) in [5, 5.41) is 7.44. The predicted octanol–water partition coefficient (Wildman–Crippen LogP) is 2.35. The van der Waals surface area contributed by atoms with Gasteiger partial charge in [0.05, 0.1) is 40.9 Å². The number of carbonyl (C=O) groups is 2. The number of hydrogen-bond acceptors (Lipinski definition) is 5. The Kier molecular flexibility index (Phi) is 5.29. The molecule has 3 rings (SSSR count). The molecule has 8 heteroatoms. The molecule has 0 spiro atoms. The Balaban J connectivity index is 1.88. The fourth-order valence-corrected chi connectivity index (χ4v) is 3.41. The molecular formula is C18H21ClN4O3. The number of ketones is 1. The molecule has 0 radical (unpaired) electrons. The van der Waals surface area contributed by atoms with Crippen molar-refractivity contribution >= 4 is 34.7 Å². The fourth-order valence-electron chi connectivity index (χ4n) is 3.12. The summed E-state index contributed by atoms with van der Waals surface area (Å²) in [6, 6.07) is 5.25. The van der Waals surface area contributed by atoms with E-state index in [-0.39, 0.29) is 0 Å². The molecule has 1 saturated heterocycles. The average Bonchev–Trinajstić information content (AvgIpc) is 2.87. The van der Waals surface area contributed by atoms with E-state index in [1.54, 1.807) is 43.8 Å². The summed E-state index contributed by atoms with van der Waals surface area (Å²) in [4.78, 5) is 27.3. The lowest BCUT2D eigenvalue weighted by atomic mass is 10.1. The highest BCUT2D eigenvalue weighted by Crippen LogP contribution is 2.34. The van der Waals surface area contributed by atoms with Crippen molar-refractivity contribution < 1.29 is 14.3 Å². The first-order valence-corrected chi connectivity index (χ1v) is 8.75. The number of para-hydroxylation sites is 1. The van der Waals surface area contributed by atoms with E-state index in [4.69, 9.17) is 16.3 Å². The highest BCUT2D eigenvalue weighted by atomic mass is 35.5. The lowest BCUT2D eigenvalue weighted by Gasteiger charge is -2.31. The molecule has 1 aromatic carbocycles. The second-order valence-corrected chi connectivity index (χ2v) is 6.60. The van der Waals surface area contributed by atoms with Crippen molar-refractivity contribution in [3.8, 4) is 0 Å². The van der Waals surface area contributed by atoms with Crippen LogP contribution in [-0.2, 0) is 16.6 Å². The molecule has 0 bridgehead atoms. The highest BCUT2D eigenvalue weighted by molar-refractivity contribution is 6.47. The van der Waals surface area contributed by atoms with Crippen LogP contribution >= 0.6 is 11.6 Å². The van der Waals surface area contributed by atoms with Gasteiger partial charge in [-0.1, -0.05) is 17.7 Å². The monoisotopic (exact) mass is 376 g/mol. The van der Waals surface area contributed by atoms with E-state index in [1.807, 2.05) is 4.90 Å². The van der Waals surface area contributed by atoms with E-state index in [9.17, 15) is 9.59 Å². The Morgan fingerprint density at radius 3 is 2.54 bits per heavy atom. The SMILES string of the molecule is Cc1nn(C)c(C)c1C(=O)C(=O)Nc1cccc(Cl)c1N1CCOCC1. The van der Waals surface area contributed by atoms with Gasteiger partial charge in [0, 0.05) is 25.8 Å². The van der Waals surface area contributed by atoms with Crippen molar-refractivity contribution in [2.45, 2.75) is 13.8 Å². The maximum atomic E-state index is 12.6. The van der Waals surface area contributed by atoms with Crippen LogP contribution in [0.4, 0.5) is 11.4 Å². The van der Waals surface area contributed by atoms with Crippen LogP contribution < -0.4 is 10.2 Å². The molecule has 1 aliphatic rings. The van der Waals surface area contributed by atoms with E-state index in [1.165, 1.54) is 0 Å². The highest BCUT2D eigenvalue weighted by Gasteiger charge is 2.26. The van der Waals surface area contributed by atoms with Gasteiger partial charge in [0.25, 0.3) is 11.7 Å². The molecule has 2 aromatic rings. The number of hydrogen-bond donors (Lipinski definition) is 1. The van der Waals surface area contributed by atoms with Crippen molar-refractivity contribution in [2.75, 3.05) is 36.5 Å². The summed E-state index contributed by atoms with van der Waals surface area (Å²) in [6.45, 7) is 5.99. The number of ether oxygens (including phenoxy) is 1. The molecule has 1 aromatic heterocycles. The summed E-state index contributed by atoms with van der Waals surface area (Å²) >= 11 is 6.36. The van der Waals surface area contributed by atoms with E-state index in [2.05, 4.69) is 10.4 Å². The van der Waals surface area contributed by atoms with Crippen LogP contribution in [0.5, 0.6) is 0 Å². The summed E-state index contributed by atoms with van der Waals surface area (Å²) in [6.07, 6.45) is 0. The van der Waals surface area contributed by atoms with Gasteiger partial charge >= 0.3 is 0 Å². The third-order valence-electron chi connectivity index (χ3n) is 4.50. The maximum absolute atomic E-state index is 12.6. The summed E-state index contributed by atoms with van der Waals surface area (Å²) in [7, 11) is 1.74. The van der Waals surface area contributed by atoms with Crippen LogP contribution in [0.15, 0.2) is 18.2 Å². The molecule has 138 valence electrons. The van der Waals surface area contributed by atoms with Crippen LogP contribution in [-0.4, -0.2) is 47.8 Å². The van der Waals surface area contributed by atoms with Gasteiger partial charge in [0.15, 0.2) is 0 Å². The van der Waals surface area contributed by atoms with Gasteiger partial charge in [-0.15, -0.1) is 0 Å². The Labute approximate surface area is 156 Å². The number of Topliss-reactive ketones (excluding diaryl/α,β-unsaturated/α-hetero) is 1. The number of amides is 1. The third kappa shape index (κ3) is 3.45. The zero-order valence-corrected chi connectivity index (χ0v) is 15.8. The predicted molar refractivity (Wildman–Crippen MR) is 100 cm³/mol. The Morgan fingerprint density at radius 1 is 1.23 bits per heavy atom. The normalized spacial score (nSPS) is 14.4. The first-order valence-electron chi connectivity index (χ1n) is 8.37.